The molecule has 0 radical (unpaired) electrons. The second-order valence-electron chi connectivity index (χ2n) is 6.28. The van der Waals surface area contributed by atoms with Crippen LogP contribution in [0.15, 0.2) is 6.20 Å². The first kappa shape index (κ1) is 14.4. The van der Waals surface area contributed by atoms with E-state index in [4.69, 9.17) is 5.73 Å². The van der Waals surface area contributed by atoms with E-state index in [2.05, 4.69) is 14.9 Å². The van der Waals surface area contributed by atoms with Crippen LogP contribution in [0.25, 0.3) is 0 Å². The molecule has 2 fully saturated rings. The quantitative estimate of drug-likeness (QED) is 0.926. The van der Waals surface area contributed by atoms with E-state index >= 15 is 0 Å². The molecule has 1 aliphatic heterocycles. The Balaban J connectivity index is 1.81. The highest BCUT2D eigenvalue weighted by molar-refractivity contribution is 5.93. The van der Waals surface area contributed by atoms with Crippen molar-refractivity contribution in [2.75, 3.05) is 6.54 Å². The van der Waals surface area contributed by atoms with E-state index in [0.29, 0.717) is 23.3 Å². The van der Waals surface area contributed by atoms with Gasteiger partial charge in [-0.15, -0.1) is 0 Å². The lowest BCUT2D eigenvalue weighted by molar-refractivity contribution is 0.0998. The van der Waals surface area contributed by atoms with Crippen molar-refractivity contribution in [1.82, 2.24) is 14.9 Å². The molecule has 0 unspecified atom stereocenters. The van der Waals surface area contributed by atoms with E-state index in [1.165, 1.54) is 38.5 Å². The largest absolute Gasteiger partial charge is 0.365 e. The van der Waals surface area contributed by atoms with Gasteiger partial charge in [-0.3, -0.25) is 9.69 Å². The second kappa shape index (κ2) is 6.10. The predicted molar refractivity (Wildman–Crippen MR) is 80.8 cm³/mol. The zero-order valence-electron chi connectivity index (χ0n) is 12.7. The third-order valence-electron chi connectivity index (χ3n) is 4.90. The standard InChI is InChI=1S/C16H24N4O/c1-11-13(15(17)21)10-18-16(19-11)14-8-5-9-20(14)12-6-3-2-4-7-12/h10,12,14H,2-9H2,1H3,(H2,17,21)/t14-/m1/s1. The topological polar surface area (TPSA) is 72.1 Å². The first-order valence-corrected chi connectivity index (χ1v) is 8.06. The highest BCUT2D eigenvalue weighted by Crippen LogP contribution is 2.36. The monoisotopic (exact) mass is 288 g/mol. The molecule has 1 saturated carbocycles. The molecule has 0 aromatic carbocycles. The summed E-state index contributed by atoms with van der Waals surface area (Å²) in [5, 5.41) is 0. The van der Waals surface area contributed by atoms with Gasteiger partial charge in [0.2, 0.25) is 0 Å². The minimum absolute atomic E-state index is 0.314. The van der Waals surface area contributed by atoms with Gasteiger partial charge in [0.25, 0.3) is 5.91 Å². The summed E-state index contributed by atoms with van der Waals surface area (Å²) < 4.78 is 0. The average Bonchev–Trinajstić information content (AvgIpc) is 2.97. The number of nitrogens with two attached hydrogens (primary N) is 1. The summed E-state index contributed by atoms with van der Waals surface area (Å²) in [4.78, 5) is 22.9. The molecular weight excluding hydrogens is 264 g/mol. The van der Waals surface area contributed by atoms with Crippen molar-refractivity contribution in [2.45, 2.75) is 64.0 Å². The Hall–Kier alpha value is -1.49. The van der Waals surface area contributed by atoms with Crippen LogP contribution in [0.3, 0.4) is 0 Å². The normalized spacial score (nSPS) is 24.3. The predicted octanol–water partition coefficient (Wildman–Crippen LogP) is 2.35. The summed E-state index contributed by atoms with van der Waals surface area (Å²) in [6.07, 6.45) is 10.6. The maximum Gasteiger partial charge on any atom is 0.252 e. The SMILES string of the molecule is Cc1nc([C@H]2CCCN2C2CCCCC2)ncc1C(N)=O. The van der Waals surface area contributed by atoms with E-state index in [1.807, 2.05) is 6.92 Å². The van der Waals surface area contributed by atoms with Crippen LogP contribution in [0.4, 0.5) is 0 Å². The van der Waals surface area contributed by atoms with Gasteiger partial charge < -0.3 is 5.73 Å². The van der Waals surface area contributed by atoms with Crippen molar-refractivity contribution in [3.63, 3.8) is 0 Å². The fourth-order valence-corrected chi connectivity index (χ4v) is 3.80. The smallest absolute Gasteiger partial charge is 0.252 e. The molecule has 21 heavy (non-hydrogen) atoms. The molecule has 2 N–H and O–H groups in total. The van der Waals surface area contributed by atoms with Gasteiger partial charge in [0.05, 0.1) is 17.3 Å². The Morgan fingerprint density at radius 1 is 1.24 bits per heavy atom. The summed E-state index contributed by atoms with van der Waals surface area (Å²) >= 11 is 0. The van der Waals surface area contributed by atoms with Crippen LogP contribution in [-0.2, 0) is 0 Å². The van der Waals surface area contributed by atoms with Crippen LogP contribution >= 0.6 is 0 Å². The first-order chi connectivity index (χ1) is 10.2. The molecular formula is C16H24N4O. The zero-order chi connectivity index (χ0) is 14.8. The zero-order valence-corrected chi connectivity index (χ0v) is 12.7. The van der Waals surface area contributed by atoms with Crippen molar-refractivity contribution in [3.05, 3.63) is 23.3 Å². The summed E-state index contributed by atoms with van der Waals surface area (Å²) in [6.45, 7) is 2.99. The molecule has 3 rings (SSSR count). The van der Waals surface area contributed by atoms with Gasteiger partial charge >= 0.3 is 0 Å². The third kappa shape index (κ3) is 2.93. The summed E-state index contributed by atoms with van der Waals surface area (Å²) in [5.41, 5.74) is 6.46. The fraction of sp³-hybridized carbons (Fsp3) is 0.688. The van der Waals surface area contributed by atoms with Crippen LogP contribution in [0.2, 0.25) is 0 Å². The first-order valence-electron chi connectivity index (χ1n) is 8.06. The lowest BCUT2D eigenvalue weighted by atomic mass is 9.93. The van der Waals surface area contributed by atoms with Crippen LogP contribution in [0, 0.1) is 6.92 Å². The van der Waals surface area contributed by atoms with Crippen molar-refractivity contribution in [3.8, 4) is 0 Å². The number of aryl methyl sites for hydroxylation is 1. The molecule has 1 aromatic heterocycles. The second-order valence-corrected chi connectivity index (χ2v) is 6.28. The number of aromatic nitrogens is 2. The third-order valence-corrected chi connectivity index (χ3v) is 4.90. The Labute approximate surface area is 125 Å². The fourth-order valence-electron chi connectivity index (χ4n) is 3.80. The maximum absolute atomic E-state index is 11.3. The molecule has 1 aromatic rings. The minimum Gasteiger partial charge on any atom is -0.365 e. The Kier molecular flexibility index (Phi) is 4.19. The Morgan fingerprint density at radius 2 is 2.00 bits per heavy atom. The van der Waals surface area contributed by atoms with E-state index in [-0.39, 0.29) is 0 Å². The molecule has 1 amide bonds. The number of nitrogens with zero attached hydrogens (tertiary/aromatic N) is 3. The van der Waals surface area contributed by atoms with Crippen LogP contribution < -0.4 is 5.73 Å². The maximum atomic E-state index is 11.3. The van der Waals surface area contributed by atoms with E-state index in [9.17, 15) is 4.79 Å². The van der Waals surface area contributed by atoms with Gasteiger partial charge in [-0.25, -0.2) is 9.97 Å². The van der Waals surface area contributed by atoms with Crippen LogP contribution in [0.5, 0.6) is 0 Å². The lowest BCUT2D eigenvalue weighted by Crippen LogP contribution is -2.37. The molecule has 114 valence electrons. The summed E-state index contributed by atoms with van der Waals surface area (Å²) in [6, 6.07) is 1.000. The van der Waals surface area contributed by atoms with Gasteiger partial charge in [0.15, 0.2) is 0 Å². The number of rotatable bonds is 3. The minimum atomic E-state index is -0.449. The molecule has 5 nitrogen and oxygen atoms in total. The summed E-state index contributed by atoms with van der Waals surface area (Å²) in [5.74, 6) is 0.412. The molecule has 0 bridgehead atoms. The van der Waals surface area contributed by atoms with Gasteiger partial charge in [0.1, 0.15) is 5.82 Å². The Bertz CT molecular complexity index is 525. The number of primary amides is 1. The molecule has 5 heteroatoms. The van der Waals surface area contributed by atoms with Crippen molar-refractivity contribution in [2.24, 2.45) is 5.73 Å². The number of hydrogen-bond acceptors (Lipinski definition) is 4. The van der Waals surface area contributed by atoms with Gasteiger partial charge in [-0.05, 0) is 39.2 Å². The van der Waals surface area contributed by atoms with Crippen LogP contribution in [-0.4, -0.2) is 33.4 Å². The number of likely N-dealkylation sites (tertiary alicyclic amines) is 1. The molecule has 1 atom stereocenters. The Morgan fingerprint density at radius 3 is 2.67 bits per heavy atom. The van der Waals surface area contributed by atoms with E-state index in [1.54, 1.807) is 6.20 Å². The van der Waals surface area contributed by atoms with Crippen LogP contribution in [0.1, 0.15) is 72.9 Å². The number of amides is 1. The highest BCUT2D eigenvalue weighted by atomic mass is 16.1. The van der Waals surface area contributed by atoms with Gasteiger partial charge in [-0.1, -0.05) is 19.3 Å². The number of carbonyl (C=O) groups is 1. The van der Waals surface area contributed by atoms with Crippen molar-refractivity contribution >= 4 is 5.91 Å². The van der Waals surface area contributed by atoms with Gasteiger partial charge in [0, 0.05) is 12.2 Å². The molecule has 2 heterocycles. The average molecular weight is 288 g/mol. The molecule has 0 spiro atoms. The lowest BCUT2D eigenvalue weighted by Gasteiger charge is -2.34. The van der Waals surface area contributed by atoms with Gasteiger partial charge in [-0.2, -0.15) is 0 Å². The molecule has 1 saturated heterocycles. The van der Waals surface area contributed by atoms with E-state index in [0.717, 1.165) is 18.8 Å². The number of carbonyl (C=O) groups excluding carboxylic acids is 1. The molecule has 1 aliphatic carbocycles. The highest BCUT2D eigenvalue weighted by Gasteiger charge is 2.34. The van der Waals surface area contributed by atoms with Crippen molar-refractivity contribution in [1.29, 1.82) is 0 Å². The number of hydrogen-bond donors (Lipinski definition) is 1. The van der Waals surface area contributed by atoms with E-state index < -0.39 is 5.91 Å². The molecule has 2 aliphatic rings. The van der Waals surface area contributed by atoms with Crippen molar-refractivity contribution < 1.29 is 4.79 Å². The summed E-state index contributed by atoms with van der Waals surface area (Å²) in [7, 11) is 0.